The van der Waals surface area contributed by atoms with E-state index in [0.717, 1.165) is 24.8 Å². The third-order valence-corrected chi connectivity index (χ3v) is 2.50. The average Bonchev–Trinajstić information content (AvgIpc) is 2.73. The predicted octanol–water partition coefficient (Wildman–Crippen LogP) is 2.57. The Morgan fingerprint density at radius 1 is 1.33 bits per heavy atom. The number of unbranched alkanes of at least 4 members (excludes halogenated alkanes) is 2. The van der Waals surface area contributed by atoms with Crippen molar-refractivity contribution < 1.29 is 0 Å². The molecule has 2 aromatic rings. The number of aromatic nitrogens is 2. The van der Waals surface area contributed by atoms with Crippen molar-refractivity contribution in [3.8, 4) is 6.07 Å². The molecule has 0 amide bonds. The van der Waals surface area contributed by atoms with Gasteiger partial charge in [-0.25, -0.2) is 4.98 Å². The first-order valence-electron chi connectivity index (χ1n) is 5.19. The number of rotatable bonds is 4. The van der Waals surface area contributed by atoms with E-state index in [2.05, 4.69) is 27.6 Å². The number of fused-ring (bicyclic) bond motifs is 1. The van der Waals surface area contributed by atoms with Crippen LogP contribution in [0.3, 0.4) is 0 Å². The van der Waals surface area contributed by atoms with Crippen LogP contribution in [0.2, 0.25) is 0 Å². The molecule has 0 aliphatic carbocycles. The smallest absolute Gasteiger partial charge is 0.0994 e. The Balaban J connectivity index is 2.08. The van der Waals surface area contributed by atoms with Crippen LogP contribution in [0.25, 0.3) is 5.52 Å². The summed E-state index contributed by atoms with van der Waals surface area (Å²) in [5, 5.41) is 8.44. The molecule has 3 nitrogen and oxygen atoms in total. The molecule has 0 aliphatic rings. The summed E-state index contributed by atoms with van der Waals surface area (Å²) in [5.41, 5.74) is 2.40. The number of hydrogen-bond donors (Lipinski definition) is 0. The maximum absolute atomic E-state index is 8.44. The lowest BCUT2D eigenvalue weighted by Crippen LogP contribution is -1.95. The summed E-state index contributed by atoms with van der Waals surface area (Å²) in [6.07, 6.45) is 7.40. The second-order valence-electron chi connectivity index (χ2n) is 3.57. The standard InChI is InChI=1S/C12H13N3/c13-8-3-1-2-5-11-6-4-7-12-9-14-10-15(11)12/h4,6-7,9-10H,1-3,5H2. The number of nitrogens with zero attached hydrogens (tertiary/aromatic N) is 3. The molecule has 2 aromatic heterocycles. The van der Waals surface area contributed by atoms with Crippen LogP contribution in [-0.4, -0.2) is 9.38 Å². The van der Waals surface area contributed by atoms with Gasteiger partial charge in [-0.1, -0.05) is 6.07 Å². The van der Waals surface area contributed by atoms with Crippen molar-refractivity contribution in [1.29, 1.82) is 5.26 Å². The van der Waals surface area contributed by atoms with Gasteiger partial charge in [0, 0.05) is 12.1 Å². The van der Waals surface area contributed by atoms with Gasteiger partial charge in [0.1, 0.15) is 0 Å². The van der Waals surface area contributed by atoms with Gasteiger partial charge >= 0.3 is 0 Å². The monoisotopic (exact) mass is 199 g/mol. The van der Waals surface area contributed by atoms with Gasteiger partial charge in [0.25, 0.3) is 0 Å². The van der Waals surface area contributed by atoms with E-state index in [4.69, 9.17) is 5.26 Å². The van der Waals surface area contributed by atoms with E-state index in [0.29, 0.717) is 6.42 Å². The van der Waals surface area contributed by atoms with E-state index >= 15 is 0 Å². The molecule has 0 aromatic carbocycles. The van der Waals surface area contributed by atoms with E-state index in [1.54, 1.807) is 0 Å². The first-order valence-corrected chi connectivity index (χ1v) is 5.19. The van der Waals surface area contributed by atoms with Crippen LogP contribution in [0.5, 0.6) is 0 Å². The number of nitriles is 1. The zero-order valence-electron chi connectivity index (χ0n) is 8.56. The minimum atomic E-state index is 0.653. The molecule has 2 heterocycles. The molecule has 0 atom stereocenters. The minimum absolute atomic E-state index is 0.653. The number of pyridine rings is 1. The summed E-state index contributed by atoms with van der Waals surface area (Å²) in [7, 11) is 0. The van der Waals surface area contributed by atoms with Gasteiger partial charge in [0.05, 0.1) is 24.1 Å². The lowest BCUT2D eigenvalue weighted by Gasteiger charge is -2.03. The summed E-state index contributed by atoms with van der Waals surface area (Å²) < 4.78 is 2.10. The second kappa shape index (κ2) is 4.61. The quantitative estimate of drug-likeness (QED) is 0.710. The van der Waals surface area contributed by atoms with Gasteiger partial charge < -0.3 is 4.40 Å². The Labute approximate surface area is 89.0 Å². The highest BCUT2D eigenvalue weighted by molar-refractivity contribution is 5.45. The summed E-state index contributed by atoms with van der Waals surface area (Å²) in [5.74, 6) is 0. The van der Waals surface area contributed by atoms with Crippen molar-refractivity contribution in [2.75, 3.05) is 0 Å². The van der Waals surface area contributed by atoms with Gasteiger partial charge in [-0.2, -0.15) is 5.26 Å². The molecule has 3 heteroatoms. The molecule has 0 unspecified atom stereocenters. The molecule has 15 heavy (non-hydrogen) atoms. The van der Waals surface area contributed by atoms with Gasteiger partial charge in [-0.3, -0.25) is 0 Å². The largest absolute Gasteiger partial charge is 0.303 e. The van der Waals surface area contributed by atoms with E-state index in [-0.39, 0.29) is 0 Å². The third kappa shape index (κ3) is 2.16. The summed E-state index contributed by atoms with van der Waals surface area (Å²) >= 11 is 0. The van der Waals surface area contributed by atoms with Crippen LogP contribution in [0.4, 0.5) is 0 Å². The highest BCUT2D eigenvalue weighted by atomic mass is 15.0. The fraction of sp³-hybridized carbons (Fsp3) is 0.333. The maximum Gasteiger partial charge on any atom is 0.0994 e. The molecule has 0 saturated heterocycles. The molecule has 0 fully saturated rings. The number of imidazole rings is 1. The minimum Gasteiger partial charge on any atom is -0.303 e. The van der Waals surface area contributed by atoms with Crippen LogP contribution >= 0.6 is 0 Å². The molecule has 0 bridgehead atoms. The van der Waals surface area contributed by atoms with Crippen molar-refractivity contribution in [2.24, 2.45) is 0 Å². The zero-order valence-corrected chi connectivity index (χ0v) is 8.56. The predicted molar refractivity (Wildman–Crippen MR) is 58.4 cm³/mol. The first kappa shape index (κ1) is 9.72. The summed E-state index contributed by atoms with van der Waals surface area (Å²) in [6.45, 7) is 0. The molecule has 0 radical (unpaired) electrons. The van der Waals surface area contributed by atoms with Gasteiger partial charge in [-0.05, 0) is 31.4 Å². The normalized spacial score (nSPS) is 10.3. The number of hydrogen-bond acceptors (Lipinski definition) is 2. The van der Waals surface area contributed by atoms with E-state index in [1.807, 2.05) is 18.6 Å². The second-order valence-corrected chi connectivity index (χ2v) is 3.57. The third-order valence-electron chi connectivity index (χ3n) is 2.50. The fourth-order valence-corrected chi connectivity index (χ4v) is 1.72. The van der Waals surface area contributed by atoms with Gasteiger partial charge in [-0.15, -0.1) is 0 Å². The Kier molecular flexibility index (Phi) is 2.99. The van der Waals surface area contributed by atoms with Gasteiger partial charge in [0.2, 0.25) is 0 Å². The number of aryl methyl sites for hydroxylation is 1. The van der Waals surface area contributed by atoms with Crippen LogP contribution in [0.15, 0.2) is 30.7 Å². The molecule has 0 N–H and O–H groups in total. The summed E-state index contributed by atoms with van der Waals surface area (Å²) in [4.78, 5) is 4.12. The Bertz CT molecular complexity index is 479. The maximum atomic E-state index is 8.44. The lowest BCUT2D eigenvalue weighted by molar-refractivity contribution is 0.732. The Morgan fingerprint density at radius 2 is 2.27 bits per heavy atom. The fourth-order valence-electron chi connectivity index (χ4n) is 1.72. The van der Waals surface area contributed by atoms with Crippen molar-refractivity contribution in [2.45, 2.75) is 25.7 Å². The molecule has 0 spiro atoms. The molecule has 0 saturated carbocycles. The first-order chi connectivity index (χ1) is 7.42. The SMILES string of the molecule is N#CCCCCc1cccc2cncn12. The molecule has 0 aliphatic heterocycles. The lowest BCUT2D eigenvalue weighted by atomic mass is 10.1. The average molecular weight is 199 g/mol. The van der Waals surface area contributed by atoms with Crippen LogP contribution in [-0.2, 0) is 6.42 Å². The highest BCUT2D eigenvalue weighted by Crippen LogP contribution is 2.10. The van der Waals surface area contributed by atoms with Gasteiger partial charge in [0.15, 0.2) is 0 Å². The van der Waals surface area contributed by atoms with Crippen molar-refractivity contribution >= 4 is 5.52 Å². The molecular formula is C12H13N3. The Hall–Kier alpha value is -1.82. The van der Waals surface area contributed by atoms with E-state index in [1.165, 1.54) is 5.69 Å². The van der Waals surface area contributed by atoms with Crippen LogP contribution in [0.1, 0.15) is 25.0 Å². The van der Waals surface area contributed by atoms with Crippen molar-refractivity contribution in [3.63, 3.8) is 0 Å². The zero-order chi connectivity index (χ0) is 10.5. The summed E-state index contributed by atoms with van der Waals surface area (Å²) in [6, 6.07) is 8.38. The Morgan fingerprint density at radius 3 is 3.13 bits per heavy atom. The topological polar surface area (TPSA) is 41.1 Å². The van der Waals surface area contributed by atoms with E-state index < -0.39 is 0 Å². The molecular weight excluding hydrogens is 186 g/mol. The van der Waals surface area contributed by atoms with Crippen LogP contribution < -0.4 is 0 Å². The van der Waals surface area contributed by atoms with E-state index in [9.17, 15) is 0 Å². The molecule has 2 rings (SSSR count). The van der Waals surface area contributed by atoms with Crippen LogP contribution in [0, 0.1) is 11.3 Å². The van der Waals surface area contributed by atoms with Crippen molar-refractivity contribution in [3.05, 3.63) is 36.4 Å². The van der Waals surface area contributed by atoms with Crippen molar-refractivity contribution in [1.82, 2.24) is 9.38 Å². The molecule has 76 valence electrons. The highest BCUT2D eigenvalue weighted by Gasteiger charge is 1.99.